The molecule has 64 valence electrons. The molecular weight excluding hydrogens is 174 g/mol. The first-order chi connectivity index (χ1) is 5.75. The van der Waals surface area contributed by atoms with E-state index in [1.54, 1.807) is 0 Å². The van der Waals surface area contributed by atoms with E-state index in [-0.39, 0.29) is 6.10 Å². The van der Waals surface area contributed by atoms with Crippen molar-refractivity contribution in [2.45, 2.75) is 13.0 Å². The van der Waals surface area contributed by atoms with Gasteiger partial charge in [0.25, 0.3) is 0 Å². The predicted molar refractivity (Wildman–Crippen MR) is 45.6 cm³/mol. The van der Waals surface area contributed by atoms with Gasteiger partial charge in [0.05, 0.1) is 12.2 Å². The summed E-state index contributed by atoms with van der Waals surface area (Å²) < 4.78 is 5.58. The zero-order chi connectivity index (χ0) is 8.55. The first-order valence-electron chi connectivity index (χ1n) is 3.97. The summed E-state index contributed by atoms with van der Waals surface area (Å²) in [5.41, 5.74) is 1.01. The van der Waals surface area contributed by atoms with Gasteiger partial charge in [-0.25, -0.2) is 0 Å². The molecule has 1 aliphatic rings. The lowest BCUT2D eigenvalue weighted by Crippen LogP contribution is -2.27. The van der Waals surface area contributed by atoms with Crippen LogP contribution in [0.3, 0.4) is 0 Å². The van der Waals surface area contributed by atoms with Crippen molar-refractivity contribution < 1.29 is 16.3 Å². The van der Waals surface area contributed by atoms with Crippen molar-refractivity contribution in [3.05, 3.63) is 23.2 Å². The van der Waals surface area contributed by atoms with Crippen LogP contribution < -0.4 is 10.1 Å². The topological polar surface area (TPSA) is 21.3 Å². The smallest absolute Gasteiger partial charge is 0.227 e. The van der Waals surface area contributed by atoms with Crippen LogP contribution in [0.2, 0.25) is 5.02 Å². The Morgan fingerprint density at radius 1 is 1.58 bits per heavy atom. The van der Waals surface area contributed by atoms with Crippen molar-refractivity contribution in [1.29, 1.82) is 0 Å². The van der Waals surface area contributed by atoms with E-state index in [0.29, 0.717) is 0 Å². The average molecular weight is 185 g/mol. The highest BCUT2D eigenvalue weighted by Crippen LogP contribution is 2.29. The molecule has 0 bridgehead atoms. The van der Waals surface area contributed by atoms with Gasteiger partial charge in [-0.05, 0) is 13.0 Å². The summed E-state index contributed by atoms with van der Waals surface area (Å²) in [5.74, 6) is 0.905. The quantitative estimate of drug-likeness (QED) is 0.661. The summed E-state index contributed by atoms with van der Waals surface area (Å²) in [6, 6.07) is 5.73. The number of hydrogen-bond donors (Lipinski definition) is 1. The van der Waals surface area contributed by atoms with E-state index < -0.39 is 0 Å². The minimum absolute atomic E-state index is 0.244. The molecule has 0 fully saturated rings. The van der Waals surface area contributed by atoms with Crippen LogP contribution in [-0.4, -0.2) is 12.6 Å². The third-order valence-electron chi connectivity index (χ3n) is 1.86. The van der Waals surface area contributed by atoms with Crippen molar-refractivity contribution in [1.82, 2.24) is 0 Å². The molecule has 1 N–H and O–H groups in total. The molecule has 0 radical (unpaired) electrons. The normalized spacial score (nSPS) is 20.7. The summed E-state index contributed by atoms with van der Waals surface area (Å²) in [5, 5.41) is 4.11. The van der Waals surface area contributed by atoms with Gasteiger partial charge in [0.15, 0.2) is 11.6 Å². The van der Waals surface area contributed by atoms with Crippen LogP contribution in [0.25, 0.3) is 0 Å². The minimum Gasteiger partial charge on any atom is -0.487 e. The number of rotatable bonds is 0. The molecule has 1 heterocycles. The van der Waals surface area contributed by atoms with Crippen LogP contribution in [0.15, 0.2) is 18.2 Å². The SMILES string of the molecule is C[C@@H]1CNc2cc([ClH+])ccc2O1. The van der Waals surface area contributed by atoms with E-state index in [4.69, 9.17) is 16.3 Å². The molecule has 0 unspecified atom stereocenters. The molecular formula is C9H11ClNO+. The van der Waals surface area contributed by atoms with Gasteiger partial charge < -0.3 is 10.1 Å². The molecule has 3 heteroatoms. The summed E-state index contributed by atoms with van der Waals surface area (Å²) in [6.45, 7) is 2.89. The van der Waals surface area contributed by atoms with Gasteiger partial charge in [0, 0.05) is 12.1 Å². The van der Waals surface area contributed by atoms with Crippen molar-refractivity contribution in [3.8, 4) is 5.75 Å². The monoisotopic (exact) mass is 184 g/mol. The molecule has 2 nitrogen and oxygen atoms in total. The summed E-state index contributed by atoms with van der Waals surface area (Å²) in [6.07, 6.45) is 0.244. The first kappa shape index (κ1) is 7.74. The third-order valence-corrected chi connectivity index (χ3v) is 2.11. The Hall–Kier alpha value is -0.890. The van der Waals surface area contributed by atoms with Crippen LogP contribution in [0.5, 0.6) is 5.75 Å². The summed E-state index contributed by atoms with van der Waals surface area (Å²) in [4.78, 5) is 0. The Labute approximate surface area is 76.5 Å². The Morgan fingerprint density at radius 3 is 3.25 bits per heavy atom. The lowest BCUT2D eigenvalue weighted by Gasteiger charge is -2.24. The molecule has 0 spiro atoms. The lowest BCUT2D eigenvalue weighted by molar-refractivity contribution is -0.288. The Bertz CT molecular complexity index is 301. The fraction of sp³-hybridized carbons (Fsp3) is 0.333. The molecule has 1 aromatic carbocycles. The Kier molecular flexibility index (Phi) is 1.85. The van der Waals surface area contributed by atoms with Crippen LogP contribution in [0.4, 0.5) is 5.69 Å². The van der Waals surface area contributed by atoms with Gasteiger partial charge >= 0.3 is 0 Å². The number of ether oxygens (including phenoxy) is 1. The van der Waals surface area contributed by atoms with Crippen molar-refractivity contribution >= 4 is 5.69 Å². The molecule has 1 atom stereocenters. The molecule has 2 rings (SSSR count). The zero-order valence-electron chi connectivity index (χ0n) is 6.83. The van der Waals surface area contributed by atoms with Crippen molar-refractivity contribution in [2.24, 2.45) is 0 Å². The van der Waals surface area contributed by atoms with Gasteiger partial charge in [0.2, 0.25) is 5.02 Å². The maximum absolute atomic E-state index is 5.58. The number of benzene rings is 1. The van der Waals surface area contributed by atoms with Crippen molar-refractivity contribution in [3.63, 3.8) is 0 Å². The second-order valence-electron chi connectivity index (χ2n) is 2.97. The van der Waals surface area contributed by atoms with E-state index in [9.17, 15) is 0 Å². The van der Waals surface area contributed by atoms with E-state index >= 15 is 0 Å². The second kappa shape index (κ2) is 2.87. The van der Waals surface area contributed by atoms with Crippen LogP contribution >= 0.6 is 0 Å². The van der Waals surface area contributed by atoms with Crippen LogP contribution in [0.1, 0.15) is 6.92 Å². The maximum atomic E-state index is 5.58. The molecule has 0 saturated heterocycles. The van der Waals surface area contributed by atoms with Gasteiger partial charge in [0.1, 0.15) is 11.9 Å². The largest absolute Gasteiger partial charge is 0.487 e. The van der Waals surface area contributed by atoms with Gasteiger partial charge in [-0.1, -0.05) is 0 Å². The first-order valence-corrected chi connectivity index (χ1v) is 4.38. The molecule has 0 aliphatic carbocycles. The van der Waals surface area contributed by atoms with Gasteiger partial charge in [-0.15, -0.1) is 0 Å². The predicted octanol–water partition coefficient (Wildman–Crippen LogP) is 1.58. The van der Waals surface area contributed by atoms with Crippen molar-refractivity contribution in [2.75, 3.05) is 11.9 Å². The standard InChI is InChI=1S/C9H11ClNO/c1-6-5-11-8-4-7(10)2-3-9(8)12-6/h2-4,6,10-11H,5H2,1H3/q+1/t6-/m1/s1. The summed E-state index contributed by atoms with van der Waals surface area (Å²) in [7, 11) is 0. The van der Waals surface area contributed by atoms with Crippen LogP contribution in [0, 0.1) is 11.6 Å². The lowest BCUT2D eigenvalue weighted by atomic mass is 10.2. The number of anilines is 1. The Morgan fingerprint density at radius 2 is 2.42 bits per heavy atom. The molecule has 1 aliphatic heterocycles. The number of hydrogen-bond acceptors (Lipinski definition) is 2. The maximum Gasteiger partial charge on any atom is 0.227 e. The highest BCUT2D eigenvalue weighted by Gasteiger charge is 2.16. The van der Waals surface area contributed by atoms with Crippen LogP contribution in [-0.2, 0) is 0 Å². The average Bonchev–Trinajstić information content (AvgIpc) is 2.05. The number of fused-ring (bicyclic) bond motifs is 1. The van der Waals surface area contributed by atoms with Gasteiger partial charge in [-0.2, -0.15) is 0 Å². The van der Waals surface area contributed by atoms with Gasteiger partial charge in [-0.3, -0.25) is 0 Å². The third kappa shape index (κ3) is 1.34. The fourth-order valence-electron chi connectivity index (χ4n) is 1.26. The highest BCUT2D eigenvalue weighted by molar-refractivity contribution is 5.58. The molecule has 0 aromatic heterocycles. The Balaban J connectivity index is 2.37. The van der Waals surface area contributed by atoms with E-state index in [1.165, 1.54) is 0 Å². The molecule has 0 saturated carbocycles. The second-order valence-corrected chi connectivity index (χ2v) is 3.44. The van der Waals surface area contributed by atoms with E-state index in [1.807, 2.05) is 25.1 Å². The minimum atomic E-state index is 0.244. The highest BCUT2D eigenvalue weighted by atomic mass is 35.5. The number of nitrogens with one attached hydrogen (secondary N) is 1. The van der Waals surface area contributed by atoms with E-state index in [2.05, 4.69) is 5.32 Å². The fourth-order valence-corrected chi connectivity index (χ4v) is 1.45. The molecule has 0 amide bonds. The zero-order valence-corrected chi connectivity index (χ0v) is 7.65. The number of halogens is 1. The molecule has 12 heavy (non-hydrogen) atoms. The summed E-state index contributed by atoms with van der Waals surface area (Å²) >= 11 is 5.03. The van der Waals surface area contributed by atoms with E-state index in [0.717, 1.165) is 23.0 Å². The molecule has 1 aromatic rings.